The molecule has 1 fully saturated rings. The number of H-pyrrole nitrogens is 1. The molecule has 0 bridgehead atoms. The number of aromatic amines is 1. The number of thioether (sulfide) groups is 1. The number of alkyl halides is 1. The molecular formula is C13H19ClFN3OS. The van der Waals surface area contributed by atoms with Crippen LogP contribution in [0, 0.1) is 5.92 Å². The van der Waals surface area contributed by atoms with E-state index in [9.17, 15) is 9.18 Å². The van der Waals surface area contributed by atoms with Gasteiger partial charge in [-0.15, -0.1) is 0 Å². The van der Waals surface area contributed by atoms with Gasteiger partial charge in [0.25, 0.3) is 0 Å². The summed E-state index contributed by atoms with van der Waals surface area (Å²) in [5, 5.41) is 6.81. The summed E-state index contributed by atoms with van der Waals surface area (Å²) >= 11 is 7.58. The van der Waals surface area contributed by atoms with Crippen molar-refractivity contribution in [1.82, 2.24) is 10.2 Å². The van der Waals surface area contributed by atoms with Gasteiger partial charge in [0.2, 0.25) is 5.91 Å². The van der Waals surface area contributed by atoms with Crippen molar-refractivity contribution in [2.75, 3.05) is 23.0 Å². The highest BCUT2D eigenvalue weighted by Crippen LogP contribution is 2.48. The first-order valence-electron chi connectivity index (χ1n) is 6.71. The Morgan fingerprint density at radius 2 is 2.45 bits per heavy atom. The first-order chi connectivity index (χ1) is 9.45. The molecule has 1 N–H and O–H groups in total. The second-order valence-electron chi connectivity index (χ2n) is 5.21. The fraction of sp³-hybridized carbons (Fsp3) is 0.692. The summed E-state index contributed by atoms with van der Waals surface area (Å²) in [5.74, 6) is 1.67. The van der Waals surface area contributed by atoms with Crippen LogP contribution in [0.2, 0.25) is 5.15 Å². The molecular weight excluding hydrogens is 301 g/mol. The molecule has 1 saturated carbocycles. The van der Waals surface area contributed by atoms with E-state index in [1.807, 2.05) is 6.92 Å². The summed E-state index contributed by atoms with van der Waals surface area (Å²) in [5.41, 5.74) is -0.362. The zero-order valence-electron chi connectivity index (χ0n) is 11.7. The highest BCUT2D eigenvalue weighted by atomic mass is 35.5. The number of anilines is 1. The molecule has 4 nitrogen and oxygen atoms in total. The number of carbonyl (C=O) groups excluding carboxylic acids is 1. The van der Waals surface area contributed by atoms with Crippen LogP contribution in [0.3, 0.4) is 0 Å². The van der Waals surface area contributed by atoms with Gasteiger partial charge in [-0.2, -0.15) is 16.9 Å². The van der Waals surface area contributed by atoms with Gasteiger partial charge in [-0.25, -0.2) is 4.39 Å². The minimum Gasteiger partial charge on any atom is -0.309 e. The van der Waals surface area contributed by atoms with Crippen molar-refractivity contribution in [2.24, 2.45) is 5.92 Å². The monoisotopic (exact) mass is 319 g/mol. The van der Waals surface area contributed by atoms with Crippen LogP contribution in [0.1, 0.15) is 26.7 Å². The molecule has 2 unspecified atom stereocenters. The maximum absolute atomic E-state index is 13.3. The van der Waals surface area contributed by atoms with Crippen LogP contribution < -0.4 is 4.90 Å². The molecule has 1 amide bonds. The Morgan fingerprint density at radius 3 is 2.95 bits per heavy atom. The van der Waals surface area contributed by atoms with E-state index in [1.54, 1.807) is 29.8 Å². The lowest BCUT2D eigenvalue weighted by Crippen LogP contribution is -2.30. The van der Waals surface area contributed by atoms with Crippen LogP contribution in [0.25, 0.3) is 0 Å². The lowest BCUT2D eigenvalue weighted by molar-refractivity contribution is -0.118. The molecule has 0 radical (unpaired) electrons. The molecule has 2 rings (SSSR count). The number of nitrogens with zero attached hydrogens (tertiary/aromatic N) is 2. The number of aromatic nitrogens is 2. The predicted octanol–water partition coefficient (Wildman–Crippen LogP) is 3.29. The second-order valence-corrected chi connectivity index (χ2v) is 6.74. The van der Waals surface area contributed by atoms with Crippen molar-refractivity contribution in [3.8, 4) is 0 Å². The highest BCUT2D eigenvalue weighted by molar-refractivity contribution is 7.99. The zero-order chi connectivity index (χ0) is 14.8. The average Bonchev–Trinajstić information content (AvgIpc) is 2.78. The molecule has 1 aliphatic carbocycles. The fourth-order valence-corrected chi connectivity index (χ4v) is 3.54. The largest absolute Gasteiger partial charge is 0.309 e. The van der Waals surface area contributed by atoms with Gasteiger partial charge in [-0.05, 0) is 26.0 Å². The minimum absolute atomic E-state index is 0.0158. The fourth-order valence-electron chi connectivity index (χ4n) is 2.11. The molecule has 1 aliphatic rings. The van der Waals surface area contributed by atoms with Crippen LogP contribution in [-0.4, -0.2) is 39.8 Å². The number of hydrogen-bond acceptors (Lipinski definition) is 3. The average molecular weight is 320 g/mol. The van der Waals surface area contributed by atoms with Crippen molar-refractivity contribution < 1.29 is 9.18 Å². The van der Waals surface area contributed by atoms with Crippen LogP contribution in [0.5, 0.6) is 0 Å². The topological polar surface area (TPSA) is 49.0 Å². The Hall–Kier alpha value is -0.750. The number of hydrogen-bond donors (Lipinski definition) is 1. The maximum atomic E-state index is 13.3. The van der Waals surface area contributed by atoms with Gasteiger partial charge in [0.1, 0.15) is 16.5 Å². The summed E-state index contributed by atoms with van der Waals surface area (Å²) in [6.07, 6.45) is 2.63. The standard InChI is InChI=1S/C13H19ClFN3OS/c1-3-18(10-7-16-17-12(10)14)11(19)4-5-20-8-9-6-13(9,2)15/h7,9H,3-6,8H2,1-2H3,(H,16,17). The van der Waals surface area contributed by atoms with Gasteiger partial charge >= 0.3 is 0 Å². The molecule has 112 valence electrons. The highest BCUT2D eigenvalue weighted by Gasteiger charge is 2.50. The summed E-state index contributed by atoms with van der Waals surface area (Å²) in [4.78, 5) is 13.8. The third-order valence-corrected chi connectivity index (χ3v) is 5.01. The number of amides is 1. The molecule has 0 saturated heterocycles. The Labute approximate surface area is 127 Å². The van der Waals surface area contributed by atoms with E-state index in [-0.39, 0.29) is 11.8 Å². The van der Waals surface area contributed by atoms with E-state index < -0.39 is 5.67 Å². The second kappa shape index (κ2) is 6.35. The van der Waals surface area contributed by atoms with E-state index in [4.69, 9.17) is 11.6 Å². The SMILES string of the molecule is CCN(C(=O)CCSCC1CC1(C)F)c1cn[nH]c1Cl. The molecule has 2 atom stereocenters. The zero-order valence-corrected chi connectivity index (χ0v) is 13.2. The molecule has 20 heavy (non-hydrogen) atoms. The normalized spacial score (nSPS) is 24.7. The Morgan fingerprint density at radius 1 is 1.75 bits per heavy atom. The number of halogens is 2. The first-order valence-corrected chi connectivity index (χ1v) is 8.25. The number of nitrogens with one attached hydrogen (secondary N) is 1. The van der Waals surface area contributed by atoms with Crippen molar-refractivity contribution in [2.45, 2.75) is 32.4 Å². The van der Waals surface area contributed by atoms with Gasteiger partial charge in [-0.3, -0.25) is 9.89 Å². The molecule has 1 aromatic heterocycles. The third-order valence-electron chi connectivity index (χ3n) is 3.60. The van der Waals surface area contributed by atoms with E-state index in [0.29, 0.717) is 36.0 Å². The van der Waals surface area contributed by atoms with E-state index >= 15 is 0 Å². The molecule has 1 aromatic rings. The Bertz CT molecular complexity index is 480. The van der Waals surface area contributed by atoms with Crippen LogP contribution in [0.15, 0.2) is 6.20 Å². The van der Waals surface area contributed by atoms with Gasteiger partial charge < -0.3 is 4.90 Å². The van der Waals surface area contributed by atoms with Gasteiger partial charge in [0.15, 0.2) is 0 Å². The summed E-state index contributed by atoms with van der Waals surface area (Å²) in [6, 6.07) is 0. The quantitative estimate of drug-likeness (QED) is 0.785. The van der Waals surface area contributed by atoms with E-state index in [0.717, 1.165) is 5.75 Å². The van der Waals surface area contributed by atoms with Gasteiger partial charge in [-0.1, -0.05) is 11.6 Å². The lowest BCUT2D eigenvalue weighted by atomic mass is 10.3. The lowest BCUT2D eigenvalue weighted by Gasteiger charge is -2.19. The molecule has 0 spiro atoms. The third kappa shape index (κ3) is 3.67. The van der Waals surface area contributed by atoms with E-state index in [2.05, 4.69) is 10.2 Å². The summed E-state index contributed by atoms with van der Waals surface area (Å²) in [6.45, 7) is 4.09. The number of carbonyl (C=O) groups is 1. The maximum Gasteiger partial charge on any atom is 0.227 e. The summed E-state index contributed by atoms with van der Waals surface area (Å²) in [7, 11) is 0. The molecule has 0 aliphatic heterocycles. The van der Waals surface area contributed by atoms with E-state index in [1.165, 1.54) is 0 Å². The first kappa shape index (κ1) is 15.6. The predicted molar refractivity (Wildman–Crippen MR) is 81.2 cm³/mol. The smallest absolute Gasteiger partial charge is 0.227 e. The molecule has 1 heterocycles. The van der Waals surface area contributed by atoms with Crippen molar-refractivity contribution in [1.29, 1.82) is 0 Å². The Balaban J connectivity index is 1.74. The van der Waals surface area contributed by atoms with Crippen LogP contribution in [-0.2, 0) is 4.79 Å². The van der Waals surface area contributed by atoms with Crippen LogP contribution in [0.4, 0.5) is 10.1 Å². The van der Waals surface area contributed by atoms with Crippen molar-refractivity contribution >= 4 is 35.0 Å². The minimum atomic E-state index is -0.975. The summed E-state index contributed by atoms with van der Waals surface area (Å²) < 4.78 is 13.3. The van der Waals surface area contributed by atoms with Crippen molar-refractivity contribution in [3.05, 3.63) is 11.3 Å². The van der Waals surface area contributed by atoms with Gasteiger partial charge in [0, 0.05) is 24.6 Å². The molecule has 7 heteroatoms. The Kier molecular flexibility index (Phi) is 4.96. The molecule has 0 aromatic carbocycles. The van der Waals surface area contributed by atoms with Gasteiger partial charge in [0.05, 0.1) is 6.20 Å². The van der Waals surface area contributed by atoms with Crippen molar-refractivity contribution in [3.63, 3.8) is 0 Å². The number of rotatable bonds is 7. The van der Waals surface area contributed by atoms with Crippen LogP contribution >= 0.6 is 23.4 Å².